The Hall–Kier alpha value is -2.88. The lowest BCUT2D eigenvalue weighted by Gasteiger charge is -2.15. The standard InChI is InChI=1S/C26H32N2O2/c1-19-11-13-23(14-12-19)26-27-17-21(3)28(26)18-24-9-5-6-10-25(24)30-15-7-8-20(2)16-22(4)29/h5-6,9-14,17,20H,7-8,15-16,18H2,1-4H3/t20-/m0/s1. The van der Waals surface area contributed by atoms with E-state index in [0.29, 0.717) is 25.5 Å². The monoisotopic (exact) mass is 404 g/mol. The summed E-state index contributed by atoms with van der Waals surface area (Å²) in [5.74, 6) is 2.56. The Bertz CT molecular complexity index is 973. The third-order valence-electron chi connectivity index (χ3n) is 5.40. The number of aryl methyl sites for hydroxylation is 2. The first-order valence-corrected chi connectivity index (χ1v) is 10.7. The summed E-state index contributed by atoms with van der Waals surface area (Å²) >= 11 is 0. The number of hydrogen-bond acceptors (Lipinski definition) is 3. The highest BCUT2D eigenvalue weighted by atomic mass is 16.5. The zero-order valence-corrected chi connectivity index (χ0v) is 18.5. The number of para-hydroxylation sites is 1. The number of imidazole rings is 1. The number of aromatic nitrogens is 2. The van der Waals surface area contributed by atoms with Crippen molar-refractivity contribution in [3.8, 4) is 17.1 Å². The van der Waals surface area contributed by atoms with Crippen LogP contribution in [0.3, 0.4) is 0 Å². The maximum absolute atomic E-state index is 11.2. The number of hydrogen-bond donors (Lipinski definition) is 0. The molecule has 1 aromatic heterocycles. The van der Waals surface area contributed by atoms with Crippen LogP contribution in [0.1, 0.15) is 49.9 Å². The van der Waals surface area contributed by atoms with Gasteiger partial charge in [0.15, 0.2) is 0 Å². The van der Waals surface area contributed by atoms with Crippen LogP contribution >= 0.6 is 0 Å². The predicted molar refractivity (Wildman–Crippen MR) is 122 cm³/mol. The number of ketones is 1. The van der Waals surface area contributed by atoms with Crippen molar-refractivity contribution >= 4 is 5.78 Å². The van der Waals surface area contributed by atoms with Crippen molar-refractivity contribution in [2.45, 2.75) is 53.5 Å². The molecule has 0 radical (unpaired) electrons. The van der Waals surface area contributed by atoms with E-state index in [9.17, 15) is 4.79 Å². The van der Waals surface area contributed by atoms with E-state index >= 15 is 0 Å². The molecule has 0 bridgehead atoms. The highest BCUT2D eigenvalue weighted by molar-refractivity contribution is 5.75. The maximum atomic E-state index is 11.2. The summed E-state index contributed by atoms with van der Waals surface area (Å²) in [5, 5.41) is 0. The molecule has 0 amide bonds. The molecule has 0 aliphatic carbocycles. The highest BCUT2D eigenvalue weighted by Gasteiger charge is 2.12. The summed E-state index contributed by atoms with van der Waals surface area (Å²) in [7, 11) is 0. The van der Waals surface area contributed by atoms with Crippen LogP contribution in [0.4, 0.5) is 0 Å². The second kappa shape index (κ2) is 10.2. The van der Waals surface area contributed by atoms with Crippen molar-refractivity contribution in [1.82, 2.24) is 9.55 Å². The van der Waals surface area contributed by atoms with Crippen LogP contribution in [0.2, 0.25) is 0 Å². The zero-order chi connectivity index (χ0) is 21.5. The van der Waals surface area contributed by atoms with Crippen molar-refractivity contribution in [1.29, 1.82) is 0 Å². The Morgan fingerprint density at radius 1 is 1.10 bits per heavy atom. The van der Waals surface area contributed by atoms with Gasteiger partial charge in [0.2, 0.25) is 0 Å². The van der Waals surface area contributed by atoms with Crippen molar-refractivity contribution in [3.05, 3.63) is 71.5 Å². The van der Waals surface area contributed by atoms with E-state index in [1.54, 1.807) is 6.92 Å². The van der Waals surface area contributed by atoms with E-state index in [1.807, 2.05) is 18.3 Å². The number of rotatable bonds is 10. The Morgan fingerprint density at radius 3 is 2.57 bits per heavy atom. The number of benzene rings is 2. The molecule has 3 aromatic rings. The minimum absolute atomic E-state index is 0.258. The Kier molecular flexibility index (Phi) is 7.45. The van der Waals surface area contributed by atoms with Gasteiger partial charge >= 0.3 is 0 Å². The minimum Gasteiger partial charge on any atom is -0.493 e. The second-order valence-electron chi connectivity index (χ2n) is 8.29. The Morgan fingerprint density at radius 2 is 1.83 bits per heavy atom. The van der Waals surface area contributed by atoms with E-state index in [1.165, 1.54) is 5.56 Å². The number of Topliss-reactive ketones (excluding diaryl/α,β-unsaturated/α-hetero) is 1. The fourth-order valence-electron chi connectivity index (χ4n) is 3.75. The average Bonchev–Trinajstić information content (AvgIpc) is 3.07. The SMILES string of the molecule is CC(=O)C[C@@H](C)CCCOc1ccccc1Cn1c(C)cnc1-c1ccc(C)cc1. The van der Waals surface area contributed by atoms with Crippen LogP contribution in [-0.4, -0.2) is 21.9 Å². The van der Waals surface area contributed by atoms with Gasteiger partial charge in [-0.1, -0.05) is 55.0 Å². The summed E-state index contributed by atoms with van der Waals surface area (Å²) in [6, 6.07) is 16.7. The normalized spacial score (nSPS) is 12.0. The zero-order valence-electron chi connectivity index (χ0n) is 18.5. The molecule has 0 unspecified atom stereocenters. The number of nitrogens with zero attached hydrogens (tertiary/aromatic N) is 2. The molecule has 1 atom stereocenters. The molecule has 0 saturated carbocycles. The number of carbonyl (C=O) groups is 1. The molecule has 0 aliphatic rings. The van der Waals surface area contributed by atoms with Crippen LogP contribution in [0, 0.1) is 19.8 Å². The van der Waals surface area contributed by atoms with Gasteiger partial charge in [-0.2, -0.15) is 0 Å². The van der Waals surface area contributed by atoms with Gasteiger partial charge in [0, 0.05) is 29.4 Å². The lowest BCUT2D eigenvalue weighted by Crippen LogP contribution is -2.08. The molecule has 3 rings (SSSR count). The molecule has 0 saturated heterocycles. The van der Waals surface area contributed by atoms with Gasteiger partial charge in [0.1, 0.15) is 17.4 Å². The van der Waals surface area contributed by atoms with Crippen molar-refractivity contribution in [2.75, 3.05) is 6.61 Å². The summed E-state index contributed by atoms with van der Waals surface area (Å²) in [4.78, 5) is 15.9. The lowest BCUT2D eigenvalue weighted by molar-refractivity contribution is -0.117. The molecule has 0 aliphatic heterocycles. The fourth-order valence-corrected chi connectivity index (χ4v) is 3.75. The molecular weight excluding hydrogens is 372 g/mol. The number of carbonyl (C=O) groups excluding carboxylic acids is 1. The largest absolute Gasteiger partial charge is 0.493 e. The van der Waals surface area contributed by atoms with Crippen LogP contribution in [0.25, 0.3) is 11.4 Å². The molecular formula is C26H32N2O2. The summed E-state index contributed by atoms with van der Waals surface area (Å²) in [6.45, 7) is 9.34. The maximum Gasteiger partial charge on any atom is 0.140 e. The van der Waals surface area contributed by atoms with Gasteiger partial charge in [-0.25, -0.2) is 4.98 Å². The lowest BCUT2D eigenvalue weighted by atomic mass is 10.00. The molecule has 4 heteroatoms. The van der Waals surface area contributed by atoms with Gasteiger partial charge in [0.25, 0.3) is 0 Å². The molecule has 158 valence electrons. The van der Waals surface area contributed by atoms with Gasteiger partial charge in [0.05, 0.1) is 13.2 Å². The molecule has 2 aromatic carbocycles. The summed E-state index contributed by atoms with van der Waals surface area (Å²) in [6.07, 6.45) is 4.52. The third kappa shape index (κ3) is 5.82. The van der Waals surface area contributed by atoms with Gasteiger partial charge in [-0.05, 0) is 45.6 Å². The molecule has 0 fully saturated rings. The molecule has 30 heavy (non-hydrogen) atoms. The van der Waals surface area contributed by atoms with Crippen molar-refractivity contribution in [2.24, 2.45) is 5.92 Å². The third-order valence-corrected chi connectivity index (χ3v) is 5.40. The minimum atomic E-state index is 0.258. The van der Waals surface area contributed by atoms with E-state index in [-0.39, 0.29) is 5.78 Å². The van der Waals surface area contributed by atoms with Crippen LogP contribution in [0.5, 0.6) is 5.75 Å². The van der Waals surface area contributed by atoms with Crippen molar-refractivity contribution in [3.63, 3.8) is 0 Å². The number of ether oxygens (including phenoxy) is 1. The van der Waals surface area contributed by atoms with E-state index in [0.717, 1.165) is 41.2 Å². The first-order valence-electron chi connectivity index (χ1n) is 10.7. The topological polar surface area (TPSA) is 44.1 Å². The summed E-state index contributed by atoms with van der Waals surface area (Å²) < 4.78 is 8.36. The quantitative estimate of drug-likeness (QED) is 0.390. The van der Waals surface area contributed by atoms with E-state index in [2.05, 4.69) is 66.7 Å². The van der Waals surface area contributed by atoms with Crippen LogP contribution < -0.4 is 4.74 Å². The average molecular weight is 405 g/mol. The Balaban J connectivity index is 1.69. The molecule has 4 nitrogen and oxygen atoms in total. The molecule has 0 N–H and O–H groups in total. The molecule has 1 heterocycles. The summed E-state index contributed by atoms with van der Waals surface area (Å²) in [5.41, 5.74) is 4.62. The van der Waals surface area contributed by atoms with Crippen LogP contribution in [-0.2, 0) is 11.3 Å². The van der Waals surface area contributed by atoms with Crippen LogP contribution in [0.15, 0.2) is 54.7 Å². The first-order chi connectivity index (χ1) is 14.4. The smallest absolute Gasteiger partial charge is 0.140 e. The highest BCUT2D eigenvalue weighted by Crippen LogP contribution is 2.25. The molecule has 0 spiro atoms. The first kappa shape index (κ1) is 21.8. The van der Waals surface area contributed by atoms with Gasteiger partial charge in [-0.3, -0.25) is 0 Å². The second-order valence-corrected chi connectivity index (χ2v) is 8.29. The van der Waals surface area contributed by atoms with Crippen molar-refractivity contribution < 1.29 is 9.53 Å². The fraction of sp³-hybridized carbons (Fsp3) is 0.385. The van der Waals surface area contributed by atoms with E-state index < -0.39 is 0 Å². The Labute approximate surface area is 179 Å². The van der Waals surface area contributed by atoms with Gasteiger partial charge < -0.3 is 14.1 Å². The van der Waals surface area contributed by atoms with E-state index in [4.69, 9.17) is 4.74 Å². The predicted octanol–water partition coefficient (Wildman–Crippen LogP) is 5.99. The van der Waals surface area contributed by atoms with Gasteiger partial charge in [-0.15, -0.1) is 0 Å².